The molecule has 1 aromatic heterocycles. The number of nitriles is 1. The number of benzene rings is 1. The standard InChI is InChI=1S/C18H20N4O/c19-12-15-16(4-1-5-17(15)22-9-3-8-20-22)21-10-11-23-14-18(13-21)6-2-7-18/h1,3-5,8-9H,2,6-7,10-11,13-14H2. The number of anilines is 1. The monoisotopic (exact) mass is 308 g/mol. The molecule has 1 aliphatic carbocycles. The van der Waals surface area contributed by atoms with Gasteiger partial charge in [-0.1, -0.05) is 12.5 Å². The first kappa shape index (κ1) is 14.3. The lowest BCUT2D eigenvalue weighted by Gasteiger charge is -2.43. The fraction of sp³-hybridized carbons (Fsp3) is 0.444. The van der Waals surface area contributed by atoms with Crippen molar-refractivity contribution < 1.29 is 4.74 Å². The zero-order valence-corrected chi connectivity index (χ0v) is 13.1. The molecule has 5 nitrogen and oxygen atoms in total. The van der Waals surface area contributed by atoms with Gasteiger partial charge < -0.3 is 9.64 Å². The fourth-order valence-electron chi connectivity index (χ4n) is 3.69. The smallest absolute Gasteiger partial charge is 0.104 e. The minimum absolute atomic E-state index is 0.283. The lowest BCUT2D eigenvalue weighted by molar-refractivity contribution is 0.0187. The maximum absolute atomic E-state index is 9.75. The second-order valence-electron chi connectivity index (χ2n) is 6.56. The third-order valence-electron chi connectivity index (χ3n) is 5.08. The summed E-state index contributed by atoms with van der Waals surface area (Å²) in [5.41, 5.74) is 2.80. The van der Waals surface area contributed by atoms with Crippen LogP contribution < -0.4 is 4.90 Å². The molecule has 0 unspecified atom stereocenters. The van der Waals surface area contributed by atoms with Crippen molar-refractivity contribution in [3.05, 3.63) is 42.2 Å². The molecule has 5 heteroatoms. The van der Waals surface area contributed by atoms with Crippen LogP contribution in [0.5, 0.6) is 0 Å². The molecule has 2 aromatic rings. The van der Waals surface area contributed by atoms with E-state index in [4.69, 9.17) is 4.74 Å². The molecular formula is C18H20N4O. The predicted octanol–water partition coefficient (Wildman–Crippen LogP) is 2.75. The number of rotatable bonds is 2. The Morgan fingerprint density at radius 1 is 1.22 bits per heavy atom. The molecule has 2 heterocycles. The Balaban J connectivity index is 1.73. The Bertz CT molecular complexity index is 728. The second kappa shape index (κ2) is 5.71. The van der Waals surface area contributed by atoms with Gasteiger partial charge in [0.15, 0.2) is 0 Å². The maximum atomic E-state index is 9.75. The highest BCUT2D eigenvalue weighted by atomic mass is 16.5. The van der Waals surface area contributed by atoms with Crippen molar-refractivity contribution >= 4 is 5.69 Å². The van der Waals surface area contributed by atoms with E-state index in [0.29, 0.717) is 5.56 Å². The highest BCUT2D eigenvalue weighted by molar-refractivity contribution is 5.67. The Morgan fingerprint density at radius 3 is 2.78 bits per heavy atom. The molecule has 1 spiro atoms. The minimum atomic E-state index is 0.283. The van der Waals surface area contributed by atoms with Crippen LogP contribution in [0.15, 0.2) is 36.7 Å². The van der Waals surface area contributed by atoms with E-state index >= 15 is 0 Å². The molecule has 2 fully saturated rings. The fourth-order valence-corrected chi connectivity index (χ4v) is 3.69. The highest BCUT2D eigenvalue weighted by Gasteiger charge is 2.40. The van der Waals surface area contributed by atoms with E-state index in [0.717, 1.165) is 37.7 Å². The number of ether oxygens (including phenoxy) is 1. The molecule has 1 saturated heterocycles. The molecule has 118 valence electrons. The summed E-state index contributed by atoms with van der Waals surface area (Å²) in [5.74, 6) is 0. The van der Waals surface area contributed by atoms with Crippen LogP contribution in [0.2, 0.25) is 0 Å². The Kier molecular flexibility index (Phi) is 3.55. The molecule has 0 atom stereocenters. The first-order valence-electron chi connectivity index (χ1n) is 8.17. The summed E-state index contributed by atoms with van der Waals surface area (Å²) >= 11 is 0. The van der Waals surface area contributed by atoms with E-state index in [9.17, 15) is 5.26 Å². The first-order valence-corrected chi connectivity index (χ1v) is 8.17. The summed E-state index contributed by atoms with van der Waals surface area (Å²) in [6.45, 7) is 3.38. The second-order valence-corrected chi connectivity index (χ2v) is 6.56. The molecule has 1 saturated carbocycles. The maximum Gasteiger partial charge on any atom is 0.104 e. The quantitative estimate of drug-likeness (QED) is 0.856. The van der Waals surface area contributed by atoms with Crippen molar-refractivity contribution in [2.24, 2.45) is 5.41 Å². The van der Waals surface area contributed by atoms with Gasteiger partial charge in [-0.3, -0.25) is 0 Å². The van der Waals surface area contributed by atoms with Crippen LogP contribution in [-0.2, 0) is 4.74 Å². The highest BCUT2D eigenvalue weighted by Crippen LogP contribution is 2.44. The summed E-state index contributed by atoms with van der Waals surface area (Å²) < 4.78 is 7.60. The van der Waals surface area contributed by atoms with Crippen molar-refractivity contribution in [3.8, 4) is 11.8 Å². The lowest BCUT2D eigenvalue weighted by atomic mass is 9.69. The Morgan fingerprint density at radius 2 is 2.09 bits per heavy atom. The largest absolute Gasteiger partial charge is 0.379 e. The Hall–Kier alpha value is -2.32. The topological polar surface area (TPSA) is 54.1 Å². The van der Waals surface area contributed by atoms with Crippen LogP contribution in [0.1, 0.15) is 24.8 Å². The number of hydrogen-bond donors (Lipinski definition) is 0. The molecule has 23 heavy (non-hydrogen) atoms. The van der Waals surface area contributed by atoms with Gasteiger partial charge in [0, 0.05) is 30.9 Å². The Labute approximate surface area is 136 Å². The minimum Gasteiger partial charge on any atom is -0.379 e. The van der Waals surface area contributed by atoms with Gasteiger partial charge in [0.05, 0.1) is 24.6 Å². The predicted molar refractivity (Wildman–Crippen MR) is 87.6 cm³/mol. The van der Waals surface area contributed by atoms with Crippen LogP contribution in [0, 0.1) is 16.7 Å². The third kappa shape index (κ3) is 2.49. The molecule has 1 aliphatic heterocycles. The summed E-state index contributed by atoms with van der Waals surface area (Å²) in [6, 6.07) is 10.3. The van der Waals surface area contributed by atoms with Gasteiger partial charge in [0.1, 0.15) is 11.6 Å². The van der Waals surface area contributed by atoms with Crippen molar-refractivity contribution in [2.75, 3.05) is 31.2 Å². The lowest BCUT2D eigenvalue weighted by Crippen LogP contribution is -2.43. The third-order valence-corrected chi connectivity index (χ3v) is 5.08. The van der Waals surface area contributed by atoms with Crippen molar-refractivity contribution in [1.29, 1.82) is 5.26 Å². The van der Waals surface area contributed by atoms with Crippen LogP contribution >= 0.6 is 0 Å². The van der Waals surface area contributed by atoms with Gasteiger partial charge >= 0.3 is 0 Å². The van der Waals surface area contributed by atoms with Crippen molar-refractivity contribution in [3.63, 3.8) is 0 Å². The molecule has 0 N–H and O–H groups in total. The van der Waals surface area contributed by atoms with E-state index in [1.54, 1.807) is 10.9 Å². The molecule has 0 radical (unpaired) electrons. The van der Waals surface area contributed by atoms with Gasteiger partial charge in [-0.2, -0.15) is 10.4 Å². The van der Waals surface area contributed by atoms with Crippen LogP contribution in [0.4, 0.5) is 5.69 Å². The summed E-state index contributed by atoms with van der Waals surface area (Å²) in [6.07, 6.45) is 7.35. The summed E-state index contributed by atoms with van der Waals surface area (Å²) in [7, 11) is 0. The van der Waals surface area contributed by atoms with Crippen LogP contribution in [-0.4, -0.2) is 36.1 Å². The van der Waals surface area contributed by atoms with Gasteiger partial charge in [-0.05, 0) is 31.0 Å². The molecule has 2 aliphatic rings. The molecule has 0 amide bonds. The summed E-state index contributed by atoms with van der Waals surface area (Å²) in [5, 5.41) is 14.0. The average molecular weight is 308 g/mol. The van der Waals surface area contributed by atoms with E-state index in [1.807, 2.05) is 30.5 Å². The van der Waals surface area contributed by atoms with Gasteiger partial charge in [0.25, 0.3) is 0 Å². The van der Waals surface area contributed by atoms with E-state index < -0.39 is 0 Å². The van der Waals surface area contributed by atoms with Crippen molar-refractivity contribution in [1.82, 2.24) is 9.78 Å². The average Bonchev–Trinajstić information content (AvgIpc) is 2.98. The number of aromatic nitrogens is 2. The zero-order chi connectivity index (χ0) is 15.7. The van der Waals surface area contributed by atoms with E-state index in [2.05, 4.69) is 16.1 Å². The number of nitrogens with zero attached hydrogens (tertiary/aromatic N) is 4. The normalized spacial score (nSPS) is 19.9. The molecule has 1 aromatic carbocycles. The molecular weight excluding hydrogens is 288 g/mol. The van der Waals surface area contributed by atoms with Gasteiger partial charge in [-0.25, -0.2) is 4.68 Å². The SMILES string of the molecule is N#Cc1c(N2CCOCC3(CCC3)C2)cccc1-n1cccn1. The van der Waals surface area contributed by atoms with Crippen LogP contribution in [0.3, 0.4) is 0 Å². The van der Waals surface area contributed by atoms with E-state index in [1.165, 1.54) is 19.3 Å². The van der Waals surface area contributed by atoms with Gasteiger partial charge in [-0.15, -0.1) is 0 Å². The molecule has 0 bridgehead atoms. The van der Waals surface area contributed by atoms with Crippen LogP contribution in [0.25, 0.3) is 5.69 Å². The van der Waals surface area contributed by atoms with Crippen molar-refractivity contribution in [2.45, 2.75) is 19.3 Å². The van der Waals surface area contributed by atoms with Gasteiger partial charge in [0.2, 0.25) is 0 Å². The van der Waals surface area contributed by atoms with E-state index in [-0.39, 0.29) is 5.41 Å². The molecule has 4 rings (SSSR count). The first-order chi connectivity index (χ1) is 11.3. The summed E-state index contributed by atoms with van der Waals surface area (Å²) in [4.78, 5) is 2.33. The zero-order valence-electron chi connectivity index (χ0n) is 13.1. The number of hydrogen-bond acceptors (Lipinski definition) is 4.